The Kier molecular flexibility index (Phi) is 4.35. The van der Waals surface area contributed by atoms with Crippen LogP contribution in [0.25, 0.3) is 0 Å². The van der Waals surface area contributed by atoms with Gasteiger partial charge in [-0.15, -0.1) is 0 Å². The van der Waals surface area contributed by atoms with Gasteiger partial charge in [-0.1, -0.05) is 24.3 Å². The Bertz CT molecular complexity index is 512. The molecule has 114 valence electrons. The van der Waals surface area contributed by atoms with Crippen molar-refractivity contribution in [3.63, 3.8) is 0 Å². The summed E-state index contributed by atoms with van der Waals surface area (Å²) in [5, 5.41) is 0. The quantitative estimate of drug-likeness (QED) is 0.792. The molecule has 0 saturated heterocycles. The fourth-order valence-corrected chi connectivity index (χ4v) is 2.44. The third kappa shape index (κ3) is 4.06. The Morgan fingerprint density at radius 2 is 1.86 bits per heavy atom. The number of aldehydes is 1. The third-order valence-corrected chi connectivity index (χ3v) is 3.58. The fraction of sp³-hybridized carbons (Fsp3) is 0.529. The zero-order valence-corrected chi connectivity index (χ0v) is 13.1. The molecule has 0 bridgehead atoms. The molecular weight excluding hydrogens is 266 g/mol. The predicted molar refractivity (Wildman–Crippen MR) is 81.3 cm³/mol. The summed E-state index contributed by atoms with van der Waals surface area (Å²) in [5.74, 6) is 0.476. The lowest BCUT2D eigenvalue weighted by Crippen LogP contribution is -2.37. The Hall–Kier alpha value is -1.84. The molecule has 1 atom stereocenters. The van der Waals surface area contributed by atoms with E-state index >= 15 is 0 Å². The molecule has 0 heterocycles. The van der Waals surface area contributed by atoms with E-state index in [-0.39, 0.29) is 12.1 Å². The number of hydrogen-bond donors (Lipinski definition) is 0. The molecule has 4 heteroatoms. The van der Waals surface area contributed by atoms with Gasteiger partial charge in [0, 0.05) is 12.6 Å². The highest BCUT2D eigenvalue weighted by Gasteiger charge is 2.38. The molecule has 4 nitrogen and oxygen atoms in total. The van der Waals surface area contributed by atoms with E-state index in [2.05, 4.69) is 0 Å². The second-order valence-electron chi connectivity index (χ2n) is 6.66. The molecule has 0 radical (unpaired) electrons. The largest absolute Gasteiger partial charge is 0.444 e. The average molecular weight is 289 g/mol. The van der Waals surface area contributed by atoms with E-state index in [0.717, 1.165) is 24.7 Å². The summed E-state index contributed by atoms with van der Waals surface area (Å²) in [7, 11) is 1.78. The van der Waals surface area contributed by atoms with E-state index in [4.69, 9.17) is 4.74 Å². The first-order chi connectivity index (χ1) is 9.81. The van der Waals surface area contributed by atoms with Crippen LogP contribution < -0.4 is 0 Å². The molecule has 0 aliphatic heterocycles. The molecular formula is C17H23NO3. The monoisotopic (exact) mass is 289 g/mol. The molecule has 1 aliphatic carbocycles. The molecule has 0 spiro atoms. The van der Waals surface area contributed by atoms with Crippen LogP contribution in [0.15, 0.2) is 24.3 Å². The van der Waals surface area contributed by atoms with E-state index in [1.54, 1.807) is 24.1 Å². The Morgan fingerprint density at radius 3 is 2.29 bits per heavy atom. The average Bonchev–Trinajstić information content (AvgIpc) is 3.22. The van der Waals surface area contributed by atoms with E-state index in [1.807, 2.05) is 32.9 Å². The smallest absolute Gasteiger partial charge is 0.410 e. The topological polar surface area (TPSA) is 46.6 Å². The van der Waals surface area contributed by atoms with Crippen molar-refractivity contribution in [3.8, 4) is 0 Å². The highest BCUT2D eigenvalue weighted by molar-refractivity contribution is 5.74. The number of carbonyl (C=O) groups excluding carboxylic acids is 2. The third-order valence-electron chi connectivity index (χ3n) is 3.58. The lowest BCUT2D eigenvalue weighted by Gasteiger charge is -2.31. The maximum absolute atomic E-state index is 12.3. The molecule has 1 fully saturated rings. The van der Waals surface area contributed by atoms with Crippen LogP contribution in [0.3, 0.4) is 0 Å². The van der Waals surface area contributed by atoms with Crippen LogP contribution in [-0.2, 0) is 4.74 Å². The van der Waals surface area contributed by atoms with Crippen molar-refractivity contribution in [3.05, 3.63) is 35.4 Å². The fourth-order valence-electron chi connectivity index (χ4n) is 2.44. The van der Waals surface area contributed by atoms with Gasteiger partial charge in [0.05, 0.1) is 6.04 Å². The van der Waals surface area contributed by atoms with Gasteiger partial charge in [-0.05, 0) is 45.1 Å². The van der Waals surface area contributed by atoms with Gasteiger partial charge in [-0.25, -0.2) is 4.79 Å². The van der Waals surface area contributed by atoms with Gasteiger partial charge in [0.25, 0.3) is 0 Å². The molecule has 1 amide bonds. The van der Waals surface area contributed by atoms with Crippen molar-refractivity contribution >= 4 is 12.4 Å². The maximum Gasteiger partial charge on any atom is 0.410 e. The predicted octanol–water partition coefficient (Wildman–Crippen LogP) is 3.82. The minimum atomic E-state index is -0.499. The molecule has 2 rings (SSSR count). The van der Waals surface area contributed by atoms with Crippen LogP contribution in [-0.4, -0.2) is 29.9 Å². The standard InChI is InChI=1S/C17H23NO3/c1-17(2,3)21-16(20)18(4)15(14-9-10-14)13-7-5-12(11-19)6-8-13/h5-8,11,14-15H,9-10H2,1-4H3. The van der Waals surface area contributed by atoms with Crippen LogP contribution in [0.4, 0.5) is 4.79 Å². The Balaban J connectivity index is 2.18. The Morgan fingerprint density at radius 1 is 1.29 bits per heavy atom. The van der Waals surface area contributed by atoms with E-state index in [0.29, 0.717) is 11.5 Å². The highest BCUT2D eigenvalue weighted by Crippen LogP contribution is 2.44. The van der Waals surface area contributed by atoms with Crippen LogP contribution in [0.1, 0.15) is 55.6 Å². The first-order valence-corrected chi connectivity index (χ1v) is 7.33. The Labute approximate surface area is 126 Å². The van der Waals surface area contributed by atoms with Crippen LogP contribution in [0.5, 0.6) is 0 Å². The maximum atomic E-state index is 12.3. The van der Waals surface area contributed by atoms with Crippen molar-refractivity contribution in [2.75, 3.05) is 7.05 Å². The first-order valence-electron chi connectivity index (χ1n) is 7.33. The number of nitrogens with zero attached hydrogens (tertiary/aromatic N) is 1. The molecule has 0 N–H and O–H groups in total. The summed E-state index contributed by atoms with van der Waals surface area (Å²) in [4.78, 5) is 24.7. The highest BCUT2D eigenvalue weighted by atomic mass is 16.6. The van der Waals surface area contributed by atoms with Gasteiger partial charge in [-0.3, -0.25) is 4.79 Å². The van der Waals surface area contributed by atoms with Crippen LogP contribution >= 0.6 is 0 Å². The second kappa shape index (κ2) is 5.88. The summed E-state index contributed by atoms with van der Waals surface area (Å²) in [6.07, 6.45) is 2.76. The summed E-state index contributed by atoms with van der Waals surface area (Å²) in [5.41, 5.74) is 1.20. The van der Waals surface area contributed by atoms with Crippen LogP contribution in [0.2, 0.25) is 0 Å². The number of ether oxygens (including phenoxy) is 1. The SMILES string of the molecule is CN(C(=O)OC(C)(C)C)C(c1ccc(C=O)cc1)C1CC1. The van der Waals surface area contributed by atoms with E-state index < -0.39 is 5.60 Å². The number of rotatable bonds is 4. The summed E-state index contributed by atoms with van der Waals surface area (Å²) in [6.45, 7) is 5.59. The van der Waals surface area contributed by atoms with Crippen molar-refractivity contribution in [1.29, 1.82) is 0 Å². The minimum Gasteiger partial charge on any atom is -0.444 e. The summed E-state index contributed by atoms with van der Waals surface area (Å²) in [6, 6.07) is 7.45. The molecule has 1 aromatic rings. The van der Waals surface area contributed by atoms with Crippen molar-refractivity contribution in [2.24, 2.45) is 5.92 Å². The molecule has 1 aliphatic rings. The van der Waals surface area contributed by atoms with Gasteiger partial charge >= 0.3 is 6.09 Å². The van der Waals surface area contributed by atoms with Gasteiger partial charge < -0.3 is 9.64 Å². The normalized spacial score (nSPS) is 16.2. The van der Waals surface area contributed by atoms with Crippen molar-refractivity contribution in [2.45, 2.75) is 45.3 Å². The van der Waals surface area contributed by atoms with Gasteiger partial charge in [0.15, 0.2) is 0 Å². The van der Waals surface area contributed by atoms with Gasteiger partial charge in [-0.2, -0.15) is 0 Å². The second-order valence-corrected chi connectivity index (χ2v) is 6.66. The number of hydrogen-bond acceptors (Lipinski definition) is 3. The lowest BCUT2D eigenvalue weighted by molar-refractivity contribution is 0.0199. The zero-order valence-electron chi connectivity index (χ0n) is 13.1. The number of benzene rings is 1. The first kappa shape index (κ1) is 15.5. The molecule has 1 aromatic carbocycles. The number of carbonyl (C=O) groups is 2. The number of amides is 1. The van der Waals surface area contributed by atoms with E-state index in [9.17, 15) is 9.59 Å². The van der Waals surface area contributed by atoms with Crippen molar-refractivity contribution < 1.29 is 14.3 Å². The molecule has 0 aromatic heterocycles. The molecule has 1 saturated carbocycles. The van der Waals surface area contributed by atoms with Crippen LogP contribution in [0, 0.1) is 5.92 Å². The summed E-state index contributed by atoms with van der Waals surface area (Å²) >= 11 is 0. The van der Waals surface area contributed by atoms with E-state index in [1.165, 1.54) is 0 Å². The molecule has 21 heavy (non-hydrogen) atoms. The van der Waals surface area contributed by atoms with Gasteiger partial charge in [0.2, 0.25) is 0 Å². The lowest BCUT2D eigenvalue weighted by atomic mass is 10.00. The zero-order chi connectivity index (χ0) is 15.6. The summed E-state index contributed by atoms with van der Waals surface area (Å²) < 4.78 is 5.46. The minimum absolute atomic E-state index is 0.0144. The van der Waals surface area contributed by atoms with Crippen molar-refractivity contribution in [1.82, 2.24) is 4.90 Å². The van der Waals surface area contributed by atoms with Gasteiger partial charge in [0.1, 0.15) is 11.9 Å². The molecule has 1 unspecified atom stereocenters.